The van der Waals surface area contributed by atoms with Crippen molar-refractivity contribution in [3.63, 3.8) is 0 Å². The Kier molecular flexibility index (Phi) is 4.37. The number of amides is 1. The van der Waals surface area contributed by atoms with Crippen LogP contribution < -0.4 is 5.32 Å². The second kappa shape index (κ2) is 6.44. The number of likely N-dealkylation sites (tertiary alicyclic amines) is 1. The Morgan fingerprint density at radius 2 is 1.83 bits per heavy atom. The van der Waals surface area contributed by atoms with E-state index in [1.165, 1.54) is 0 Å². The molecule has 1 atom stereocenters. The van der Waals surface area contributed by atoms with Gasteiger partial charge in [-0.1, -0.05) is 18.2 Å². The van der Waals surface area contributed by atoms with E-state index in [1.807, 2.05) is 60.7 Å². The van der Waals surface area contributed by atoms with Crippen molar-refractivity contribution in [3.8, 4) is 5.69 Å². The van der Waals surface area contributed by atoms with Crippen LogP contribution in [0.1, 0.15) is 31.2 Å². The first-order valence-electron chi connectivity index (χ1n) is 8.25. The monoisotopic (exact) mass is 312 g/mol. The Morgan fingerprint density at radius 3 is 2.48 bits per heavy atom. The van der Waals surface area contributed by atoms with Gasteiger partial charge in [0.1, 0.15) is 6.04 Å². The average molecular weight is 312 g/mol. The molecule has 1 aromatic carbocycles. The summed E-state index contributed by atoms with van der Waals surface area (Å²) < 4.78 is 1.92. The topological polar surface area (TPSA) is 50.2 Å². The number of aryl methyl sites for hydroxylation is 1. The van der Waals surface area contributed by atoms with Crippen LogP contribution in [0.2, 0.25) is 0 Å². The van der Waals surface area contributed by atoms with Gasteiger partial charge in [0, 0.05) is 13.1 Å². The van der Waals surface area contributed by atoms with Gasteiger partial charge in [-0.2, -0.15) is 5.10 Å². The quantitative estimate of drug-likeness (QED) is 0.944. The first-order valence-corrected chi connectivity index (χ1v) is 8.25. The second-order valence-electron chi connectivity index (χ2n) is 6.19. The number of carbonyl (C=O) groups excluding carboxylic acids is 1. The molecule has 0 unspecified atom stereocenters. The first-order chi connectivity index (χ1) is 11.1. The highest BCUT2D eigenvalue weighted by Gasteiger charge is 2.24. The highest BCUT2D eigenvalue weighted by Crippen LogP contribution is 2.24. The van der Waals surface area contributed by atoms with Crippen LogP contribution in [0.4, 0.5) is 5.69 Å². The molecule has 122 valence electrons. The Morgan fingerprint density at radius 1 is 1.17 bits per heavy atom. The molecule has 0 spiro atoms. The lowest BCUT2D eigenvalue weighted by Gasteiger charge is -2.22. The molecule has 1 saturated heterocycles. The minimum atomic E-state index is -0.237. The molecule has 2 aromatic rings. The highest BCUT2D eigenvalue weighted by molar-refractivity contribution is 5.85. The summed E-state index contributed by atoms with van der Waals surface area (Å²) in [5.74, 6) is 0.175. The molecule has 5 nitrogen and oxygen atoms in total. The maximum atomic E-state index is 12.5. The van der Waals surface area contributed by atoms with Gasteiger partial charge in [0.15, 0.2) is 0 Å². The van der Waals surface area contributed by atoms with E-state index in [2.05, 4.69) is 10.4 Å². The van der Waals surface area contributed by atoms with Crippen LogP contribution in [-0.4, -0.2) is 39.7 Å². The minimum absolute atomic E-state index is 0.175. The van der Waals surface area contributed by atoms with Crippen molar-refractivity contribution in [3.05, 3.63) is 41.7 Å². The number of benzene rings is 1. The van der Waals surface area contributed by atoms with Crippen molar-refractivity contribution in [2.75, 3.05) is 18.4 Å². The smallest absolute Gasteiger partial charge is 0.244 e. The van der Waals surface area contributed by atoms with Crippen LogP contribution >= 0.6 is 0 Å². The molecule has 0 aliphatic carbocycles. The van der Waals surface area contributed by atoms with Crippen LogP contribution in [0.25, 0.3) is 5.69 Å². The minimum Gasteiger partial charge on any atom is -0.371 e. The van der Waals surface area contributed by atoms with Gasteiger partial charge in [-0.25, -0.2) is 4.68 Å². The maximum Gasteiger partial charge on any atom is 0.244 e. The van der Waals surface area contributed by atoms with Crippen LogP contribution in [0.15, 0.2) is 30.3 Å². The van der Waals surface area contributed by atoms with Crippen molar-refractivity contribution in [1.82, 2.24) is 14.7 Å². The number of hydrogen-bond acceptors (Lipinski definition) is 3. The Bertz CT molecular complexity index is 687. The number of carbonyl (C=O) groups is 1. The first kappa shape index (κ1) is 15.6. The van der Waals surface area contributed by atoms with Gasteiger partial charge in [-0.05, 0) is 45.7 Å². The summed E-state index contributed by atoms with van der Waals surface area (Å²) in [5, 5.41) is 7.99. The van der Waals surface area contributed by atoms with Crippen LogP contribution in [-0.2, 0) is 4.79 Å². The normalized spacial score (nSPS) is 15.7. The van der Waals surface area contributed by atoms with Crippen molar-refractivity contribution in [2.45, 2.75) is 39.7 Å². The molecule has 1 N–H and O–H groups in total. The van der Waals surface area contributed by atoms with Crippen LogP contribution in [0.3, 0.4) is 0 Å². The summed E-state index contributed by atoms with van der Waals surface area (Å²) in [4.78, 5) is 14.4. The second-order valence-corrected chi connectivity index (χ2v) is 6.19. The average Bonchev–Trinajstić information content (AvgIpc) is 3.19. The molecule has 23 heavy (non-hydrogen) atoms. The number of nitrogens with one attached hydrogen (secondary N) is 1. The Labute approximate surface area is 137 Å². The molecule has 0 bridgehead atoms. The Hall–Kier alpha value is -2.30. The number of rotatable bonds is 4. The lowest BCUT2D eigenvalue weighted by molar-refractivity contribution is -0.130. The lowest BCUT2D eigenvalue weighted by Crippen LogP contribution is -2.39. The van der Waals surface area contributed by atoms with Crippen molar-refractivity contribution in [2.24, 2.45) is 0 Å². The number of anilines is 1. The van der Waals surface area contributed by atoms with Gasteiger partial charge in [0.25, 0.3) is 0 Å². The van der Waals surface area contributed by atoms with Gasteiger partial charge in [-0.15, -0.1) is 0 Å². The zero-order chi connectivity index (χ0) is 16.4. The zero-order valence-electron chi connectivity index (χ0n) is 14.0. The molecule has 0 saturated carbocycles. The predicted molar refractivity (Wildman–Crippen MR) is 91.9 cm³/mol. The van der Waals surface area contributed by atoms with Gasteiger partial charge in [0.05, 0.1) is 22.8 Å². The van der Waals surface area contributed by atoms with E-state index in [4.69, 9.17) is 0 Å². The fourth-order valence-corrected chi connectivity index (χ4v) is 3.16. The predicted octanol–water partition coefficient (Wildman–Crippen LogP) is 2.91. The van der Waals surface area contributed by atoms with Crippen molar-refractivity contribution in [1.29, 1.82) is 0 Å². The summed E-state index contributed by atoms with van der Waals surface area (Å²) in [6.45, 7) is 7.70. The fraction of sp³-hybridized carbons (Fsp3) is 0.444. The SMILES string of the molecule is Cc1nn(-c2ccccc2)c(C)c1N[C@@H](C)C(=O)N1CCCC1. The van der Waals surface area contributed by atoms with Gasteiger partial charge >= 0.3 is 0 Å². The third-order valence-corrected chi connectivity index (χ3v) is 4.44. The van der Waals surface area contributed by atoms with Gasteiger partial charge in [0.2, 0.25) is 5.91 Å². The molecule has 1 aliphatic rings. The van der Waals surface area contributed by atoms with E-state index in [0.29, 0.717) is 0 Å². The van der Waals surface area contributed by atoms with E-state index in [9.17, 15) is 4.79 Å². The van der Waals surface area contributed by atoms with Crippen molar-refractivity contribution < 1.29 is 4.79 Å². The summed E-state index contributed by atoms with van der Waals surface area (Å²) >= 11 is 0. The van der Waals surface area contributed by atoms with Crippen molar-refractivity contribution >= 4 is 11.6 Å². The molecular weight excluding hydrogens is 288 g/mol. The molecule has 1 aromatic heterocycles. The van der Waals surface area contributed by atoms with E-state index >= 15 is 0 Å². The summed E-state index contributed by atoms with van der Waals surface area (Å²) in [7, 11) is 0. The molecule has 5 heteroatoms. The summed E-state index contributed by atoms with van der Waals surface area (Å²) in [6.07, 6.45) is 2.23. The molecule has 0 radical (unpaired) electrons. The van der Waals surface area contributed by atoms with E-state index in [-0.39, 0.29) is 11.9 Å². The summed E-state index contributed by atoms with van der Waals surface area (Å²) in [5.41, 5.74) is 3.91. The largest absolute Gasteiger partial charge is 0.371 e. The fourth-order valence-electron chi connectivity index (χ4n) is 3.16. The van der Waals surface area contributed by atoms with E-state index in [0.717, 1.165) is 48.7 Å². The molecule has 1 fully saturated rings. The zero-order valence-corrected chi connectivity index (χ0v) is 14.0. The molecule has 2 heterocycles. The van der Waals surface area contributed by atoms with Crippen LogP contribution in [0, 0.1) is 13.8 Å². The number of nitrogens with zero attached hydrogens (tertiary/aromatic N) is 3. The standard InChI is InChI=1S/C18H24N4O/c1-13-17(19-14(2)18(23)21-11-7-8-12-21)15(3)22(20-13)16-9-5-4-6-10-16/h4-6,9-10,14,19H,7-8,11-12H2,1-3H3/t14-/m0/s1. The molecule has 1 amide bonds. The number of aromatic nitrogens is 2. The summed E-state index contributed by atoms with van der Waals surface area (Å²) in [6, 6.07) is 9.81. The van der Waals surface area contributed by atoms with Gasteiger partial charge < -0.3 is 10.2 Å². The van der Waals surface area contributed by atoms with E-state index in [1.54, 1.807) is 0 Å². The third kappa shape index (κ3) is 3.09. The highest BCUT2D eigenvalue weighted by atomic mass is 16.2. The van der Waals surface area contributed by atoms with E-state index < -0.39 is 0 Å². The Balaban J connectivity index is 1.80. The number of hydrogen-bond donors (Lipinski definition) is 1. The molecule has 3 rings (SSSR count). The number of para-hydroxylation sites is 1. The maximum absolute atomic E-state index is 12.5. The molecule has 1 aliphatic heterocycles. The lowest BCUT2D eigenvalue weighted by atomic mass is 10.2. The van der Waals surface area contributed by atoms with Crippen LogP contribution in [0.5, 0.6) is 0 Å². The van der Waals surface area contributed by atoms with Gasteiger partial charge in [-0.3, -0.25) is 4.79 Å². The molecular formula is C18H24N4O. The third-order valence-electron chi connectivity index (χ3n) is 4.44.